The minimum Gasteiger partial charge on any atom is -0.481 e. The van der Waals surface area contributed by atoms with Crippen molar-refractivity contribution in [3.63, 3.8) is 0 Å². The van der Waals surface area contributed by atoms with E-state index in [4.69, 9.17) is 21.3 Å². The van der Waals surface area contributed by atoms with E-state index in [0.717, 1.165) is 34.5 Å². The second-order valence-electron chi connectivity index (χ2n) is 5.96. The van der Waals surface area contributed by atoms with E-state index < -0.39 is 0 Å². The van der Waals surface area contributed by atoms with Gasteiger partial charge in [-0.05, 0) is 36.8 Å². The molecule has 3 aromatic heterocycles. The molecule has 132 valence electrons. The van der Waals surface area contributed by atoms with E-state index in [1.807, 2.05) is 35.2 Å². The number of fused-ring (bicyclic) bond motifs is 1. The van der Waals surface area contributed by atoms with Crippen molar-refractivity contribution in [2.75, 3.05) is 7.11 Å². The molecule has 0 saturated carbocycles. The van der Waals surface area contributed by atoms with E-state index >= 15 is 0 Å². The predicted octanol–water partition coefficient (Wildman–Crippen LogP) is 4.03. The third-order valence-corrected chi connectivity index (χ3v) is 4.55. The Labute approximate surface area is 156 Å². The summed E-state index contributed by atoms with van der Waals surface area (Å²) in [5, 5.41) is 0.706. The first-order chi connectivity index (χ1) is 12.7. The van der Waals surface area contributed by atoms with Crippen LogP contribution in [0.3, 0.4) is 0 Å². The zero-order valence-corrected chi connectivity index (χ0v) is 15.3. The third kappa shape index (κ3) is 2.93. The Kier molecular flexibility index (Phi) is 4.34. The van der Waals surface area contributed by atoms with Crippen molar-refractivity contribution in [1.29, 1.82) is 0 Å². The van der Waals surface area contributed by atoms with Gasteiger partial charge in [-0.15, -0.1) is 0 Å². The molecule has 0 fully saturated rings. The van der Waals surface area contributed by atoms with Crippen LogP contribution in [-0.2, 0) is 13.1 Å². The molecule has 26 heavy (non-hydrogen) atoms. The van der Waals surface area contributed by atoms with Crippen LogP contribution in [0.4, 0.5) is 0 Å². The van der Waals surface area contributed by atoms with Crippen molar-refractivity contribution in [3.8, 4) is 17.3 Å². The largest absolute Gasteiger partial charge is 0.481 e. The Morgan fingerprint density at radius 1 is 1.12 bits per heavy atom. The summed E-state index contributed by atoms with van der Waals surface area (Å²) in [6, 6.07) is 7.85. The zero-order valence-electron chi connectivity index (χ0n) is 14.6. The lowest BCUT2D eigenvalue weighted by atomic mass is 10.2. The first-order valence-electron chi connectivity index (χ1n) is 8.33. The second-order valence-corrected chi connectivity index (χ2v) is 6.39. The average Bonchev–Trinajstić information content (AvgIpc) is 3.25. The number of imidazole rings is 2. The minimum absolute atomic E-state index is 0.627. The number of nitrogens with zero attached hydrogens (tertiary/aromatic N) is 5. The molecule has 0 radical (unpaired) electrons. The molecule has 0 unspecified atom stereocenters. The van der Waals surface area contributed by atoms with Crippen LogP contribution in [0.25, 0.3) is 22.4 Å². The van der Waals surface area contributed by atoms with Crippen molar-refractivity contribution in [1.82, 2.24) is 24.1 Å². The van der Waals surface area contributed by atoms with Gasteiger partial charge in [-0.3, -0.25) is 9.55 Å². The van der Waals surface area contributed by atoms with E-state index in [1.54, 1.807) is 19.6 Å². The molecule has 3 heterocycles. The van der Waals surface area contributed by atoms with Gasteiger partial charge in [-0.1, -0.05) is 11.6 Å². The van der Waals surface area contributed by atoms with Gasteiger partial charge in [0.2, 0.25) is 5.88 Å². The van der Waals surface area contributed by atoms with E-state index in [0.29, 0.717) is 17.4 Å². The van der Waals surface area contributed by atoms with Crippen molar-refractivity contribution < 1.29 is 4.74 Å². The topological polar surface area (TPSA) is 57.8 Å². The quantitative estimate of drug-likeness (QED) is 0.534. The molecule has 0 aliphatic heterocycles. The van der Waals surface area contributed by atoms with Crippen molar-refractivity contribution in [3.05, 3.63) is 59.8 Å². The molecular formula is C19H18ClN5O. The van der Waals surface area contributed by atoms with Gasteiger partial charge >= 0.3 is 0 Å². The smallest absolute Gasteiger partial charge is 0.213 e. The van der Waals surface area contributed by atoms with Crippen LogP contribution in [0.1, 0.15) is 12.5 Å². The number of methoxy groups -OCH3 is 1. The van der Waals surface area contributed by atoms with Crippen LogP contribution in [0, 0.1) is 0 Å². The van der Waals surface area contributed by atoms with Gasteiger partial charge in [-0.2, -0.15) is 0 Å². The van der Waals surface area contributed by atoms with Crippen molar-refractivity contribution in [2.24, 2.45) is 0 Å². The Bertz CT molecular complexity index is 1070. The summed E-state index contributed by atoms with van der Waals surface area (Å²) in [5.74, 6) is 1.60. The van der Waals surface area contributed by atoms with Gasteiger partial charge in [0.05, 0.1) is 37.2 Å². The summed E-state index contributed by atoms with van der Waals surface area (Å²) in [5.41, 5.74) is 3.96. The fraction of sp³-hybridized carbons (Fsp3) is 0.211. The molecule has 4 rings (SSSR count). The van der Waals surface area contributed by atoms with Crippen molar-refractivity contribution >= 4 is 22.6 Å². The SMILES string of the molecule is CCn1c(-c2cncc(Cn3cncc3OC)c2)nc2ccc(Cl)cc21. The molecule has 7 heteroatoms. The Morgan fingerprint density at radius 3 is 2.81 bits per heavy atom. The molecule has 0 atom stereocenters. The first-order valence-corrected chi connectivity index (χ1v) is 8.71. The molecule has 0 saturated heterocycles. The fourth-order valence-electron chi connectivity index (χ4n) is 3.13. The molecule has 0 bridgehead atoms. The maximum atomic E-state index is 6.16. The van der Waals surface area contributed by atoms with Gasteiger partial charge < -0.3 is 9.30 Å². The monoisotopic (exact) mass is 367 g/mol. The Hall–Kier alpha value is -2.86. The van der Waals surface area contributed by atoms with Gasteiger partial charge in [0, 0.05) is 29.5 Å². The number of halogens is 1. The van der Waals surface area contributed by atoms with E-state index in [9.17, 15) is 0 Å². The standard InChI is InChI=1S/C19H18ClN5O/c1-3-25-17-7-15(20)4-5-16(17)23-19(25)14-6-13(8-21-9-14)11-24-12-22-10-18(24)26-2/h4-10,12H,3,11H2,1-2H3. The van der Waals surface area contributed by atoms with E-state index in [2.05, 4.69) is 27.5 Å². The second kappa shape index (κ2) is 6.80. The highest BCUT2D eigenvalue weighted by molar-refractivity contribution is 6.31. The van der Waals surface area contributed by atoms with E-state index in [-0.39, 0.29) is 0 Å². The number of aryl methyl sites for hydroxylation is 1. The lowest BCUT2D eigenvalue weighted by Crippen LogP contribution is -2.03. The van der Waals surface area contributed by atoms with Crippen LogP contribution in [0.5, 0.6) is 5.88 Å². The molecule has 0 aliphatic rings. The molecular weight excluding hydrogens is 350 g/mol. The van der Waals surface area contributed by atoms with Crippen LogP contribution in [0.2, 0.25) is 5.02 Å². The number of benzene rings is 1. The lowest BCUT2D eigenvalue weighted by molar-refractivity contribution is 0.377. The summed E-state index contributed by atoms with van der Waals surface area (Å²) in [6.07, 6.45) is 7.12. The highest BCUT2D eigenvalue weighted by atomic mass is 35.5. The minimum atomic E-state index is 0.627. The summed E-state index contributed by atoms with van der Waals surface area (Å²) in [7, 11) is 1.64. The van der Waals surface area contributed by atoms with Crippen LogP contribution in [-0.4, -0.2) is 31.2 Å². The predicted molar refractivity (Wildman–Crippen MR) is 102 cm³/mol. The number of pyridine rings is 1. The first kappa shape index (κ1) is 16.6. The number of ether oxygens (including phenoxy) is 1. The van der Waals surface area contributed by atoms with E-state index in [1.165, 1.54) is 0 Å². The highest BCUT2D eigenvalue weighted by Gasteiger charge is 2.13. The number of aromatic nitrogens is 5. The molecule has 4 aromatic rings. The Morgan fingerprint density at radius 2 is 2.00 bits per heavy atom. The van der Waals surface area contributed by atoms with Gasteiger partial charge in [0.25, 0.3) is 0 Å². The normalized spacial score (nSPS) is 11.2. The van der Waals surface area contributed by atoms with Gasteiger partial charge in [-0.25, -0.2) is 9.97 Å². The molecule has 0 aliphatic carbocycles. The fourth-order valence-corrected chi connectivity index (χ4v) is 3.29. The maximum absolute atomic E-state index is 6.16. The van der Waals surface area contributed by atoms with Crippen LogP contribution < -0.4 is 4.74 Å². The Balaban J connectivity index is 1.76. The summed E-state index contributed by atoms with van der Waals surface area (Å²) >= 11 is 6.16. The molecule has 1 aromatic carbocycles. The number of hydrogen-bond donors (Lipinski definition) is 0. The molecule has 0 N–H and O–H groups in total. The number of rotatable bonds is 5. The van der Waals surface area contributed by atoms with Crippen molar-refractivity contribution in [2.45, 2.75) is 20.0 Å². The average molecular weight is 368 g/mol. The molecule has 0 amide bonds. The molecule has 6 nitrogen and oxygen atoms in total. The number of hydrogen-bond acceptors (Lipinski definition) is 4. The maximum Gasteiger partial charge on any atom is 0.213 e. The highest BCUT2D eigenvalue weighted by Crippen LogP contribution is 2.27. The van der Waals surface area contributed by atoms with Crippen LogP contribution >= 0.6 is 11.6 Å². The summed E-state index contributed by atoms with van der Waals surface area (Å²) < 4.78 is 9.40. The third-order valence-electron chi connectivity index (χ3n) is 4.32. The summed E-state index contributed by atoms with van der Waals surface area (Å²) in [4.78, 5) is 13.3. The molecule has 0 spiro atoms. The van der Waals surface area contributed by atoms with Crippen LogP contribution in [0.15, 0.2) is 49.2 Å². The van der Waals surface area contributed by atoms with Gasteiger partial charge in [0.15, 0.2) is 0 Å². The summed E-state index contributed by atoms with van der Waals surface area (Å²) in [6.45, 7) is 3.52. The zero-order chi connectivity index (χ0) is 18.1. The lowest BCUT2D eigenvalue weighted by Gasteiger charge is -2.09. The van der Waals surface area contributed by atoms with Gasteiger partial charge in [0.1, 0.15) is 5.82 Å².